The molecule has 0 aliphatic rings. The number of benzene rings is 11. The molecule has 1 aromatic heterocycles. The fourth-order valence-corrected chi connectivity index (χ4v) is 10.8. The van der Waals surface area contributed by atoms with Crippen LogP contribution in [0, 0.1) is 0 Å². The zero-order valence-electron chi connectivity index (χ0n) is 33.9. The molecule has 290 valence electrons. The van der Waals surface area contributed by atoms with Crippen LogP contribution >= 0.6 is 11.3 Å². The molecule has 11 aromatic carbocycles. The molecule has 0 saturated carbocycles. The van der Waals surface area contributed by atoms with Crippen LogP contribution in [0.15, 0.2) is 237 Å². The van der Waals surface area contributed by atoms with Crippen molar-refractivity contribution >= 4 is 80.9 Å². The van der Waals surface area contributed by atoms with Gasteiger partial charge in [-0.1, -0.05) is 194 Å². The molecule has 0 N–H and O–H groups in total. The Kier molecular flexibility index (Phi) is 8.76. The number of thiophene rings is 1. The highest BCUT2D eigenvalue weighted by atomic mass is 32.1. The fraction of sp³-hybridized carbons (Fsp3) is 0. The van der Waals surface area contributed by atoms with E-state index in [0.717, 1.165) is 22.6 Å². The van der Waals surface area contributed by atoms with E-state index in [1.807, 2.05) is 11.3 Å². The standard InChI is InChI=1S/C60H39NS/c1-3-18-41(19-4-1)58-52-28-10-9-26-49(52)50-36-35-46(39-54(50)59(58)42-20-5-2-6-21-42)48-25-11-13-30-55(48)61(56-31-16-29-53-51-27-12-14-32-57(51)62-60(53)56)47-24-15-23-44(38-47)45-34-33-40-17-7-8-22-43(40)37-45/h1-39H. The molecular weight excluding hydrogens is 767 g/mol. The molecule has 0 amide bonds. The van der Waals surface area contributed by atoms with Gasteiger partial charge in [-0.2, -0.15) is 0 Å². The van der Waals surface area contributed by atoms with Crippen molar-refractivity contribution in [2.45, 2.75) is 0 Å². The Morgan fingerprint density at radius 2 is 0.855 bits per heavy atom. The molecule has 0 fully saturated rings. The van der Waals surface area contributed by atoms with Crippen molar-refractivity contribution in [1.82, 2.24) is 0 Å². The Morgan fingerprint density at radius 1 is 0.290 bits per heavy atom. The number of fused-ring (bicyclic) bond motifs is 7. The molecule has 0 saturated heterocycles. The molecule has 0 aliphatic carbocycles. The minimum atomic E-state index is 1.11. The van der Waals surface area contributed by atoms with Crippen LogP contribution in [-0.2, 0) is 0 Å². The van der Waals surface area contributed by atoms with Crippen molar-refractivity contribution < 1.29 is 0 Å². The number of hydrogen-bond acceptors (Lipinski definition) is 2. The Hall–Kier alpha value is -7.78. The van der Waals surface area contributed by atoms with Crippen LogP contribution in [-0.4, -0.2) is 0 Å². The molecule has 12 rings (SSSR count). The molecule has 62 heavy (non-hydrogen) atoms. The summed E-state index contributed by atoms with van der Waals surface area (Å²) in [6, 6.07) is 86.9. The van der Waals surface area contributed by atoms with Gasteiger partial charge in [0.05, 0.1) is 16.1 Å². The van der Waals surface area contributed by atoms with Crippen molar-refractivity contribution in [3.8, 4) is 44.5 Å². The van der Waals surface area contributed by atoms with Crippen LogP contribution in [0.3, 0.4) is 0 Å². The van der Waals surface area contributed by atoms with Crippen molar-refractivity contribution in [2.75, 3.05) is 4.90 Å². The summed E-state index contributed by atoms with van der Waals surface area (Å²) < 4.78 is 2.56. The van der Waals surface area contributed by atoms with Crippen LogP contribution in [0.2, 0.25) is 0 Å². The molecule has 0 unspecified atom stereocenters. The SMILES string of the molecule is c1ccc(-c2c(-c3ccccc3)c3cc(-c4ccccc4N(c4cccc(-c5ccc6ccccc6c5)c4)c4cccc5c4sc4ccccc45)ccc3c3ccccc23)cc1. The average Bonchev–Trinajstić information content (AvgIpc) is 3.74. The van der Waals surface area contributed by atoms with Crippen molar-refractivity contribution in [2.24, 2.45) is 0 Å². The van der Waals surface area contributed by atoms with E-state index < -0.39 is 0 Å². The molecule has 0 aliphatic heterocycles. The summed E-state index contributed by atoms with van der Waals surface area (Å²) in [5.41, 5.74) is 13.0. The first-order valence-electron chi connectivity index (χ1n) is 21.3. The first kappa shape index (κ1) is 36.1. The zero-order valence-corrected chi connectivity index (χ0v) is 34.7. The minimum absolute atomic E-state index is 1.11. The summed E-state index contributed by atoms with van der Waals surface area (Å²) in [5.74, 6) is 0. The summed E-state index contributed by atoms with van der Waals surface area (Å²) in [6.07, 6.45) is 0. The second-order valence-corrected chi connectivity index (χ2v) is 17.1. The number of para-hydroxylation sites is 1. The number of rotatable bonds is 7. The second-order valence-electron chi connectivity index (χ2n) is 16.0. The Bertz CT molecular complexity index is 3640. The first-order chi connectivity index (χ1) is 30.8. The molecule has 1 nitrogen and oxygen atoms in total. The maximum absolute atomic E-state index is 2.50. The van der Waals surface area contributed by atoms with Gasteiger partial charge in [-0.15, -0.1) is 11.3 Å². The Balaban J connectivity index is 1.12. The predicted molar refractivity (Wildman–Crippen MR) is 268 cm³/mol. The smallest absolute Gasteiger partial charge is 0.0640 e. The largest absolute Gasteiger partial charge is 0.308 e. The molecule has 0 atom stereocenters. The highest BCUT2D eigenvalue weighted by Crippen LogP contribution is 2.50. The van der Waals surface area contributed by atoms with E-state index in [0.29, 0.717) is 0 Å². The van der Waals surface area contributed by atoms with Gasteiger partial charge in [-0.3, -0.25) is 0 Å². The molecule has 0 radical (unpaired) electrons. The monoisotopic (exact) mass is 805 g/mol. The van der Waals surface area contributed by atoms with E-state index in [4.69, 9.17) is 0 Å². The van der Waals surface area contributed by atoms with Crippen molar-refractivity contribution in [1.29, 1.82) is 0 Å². The topological polar surface area (TPSA) is 3.24 Å². The van der Waals surface area contributed by atoms with Gasteiger partial charge in [0.2, 0.25) is 0 Å². The number of hydrogen-bond donors (Lipinski definition) is 0. The highest BCUT2D eigenvalue weighted by molar-refractivity contribution is 7.26. The number of anilines is 3. The van der Waals surface area contributed by atoms with E-state index in [9.17, 15) is 0 Å². The molecule has 12 aromatic rings. The molecule has 2 heteroatoms. The van der Waals surface area contributed by atoms with Crippen molar-refractivity contribution in [3.63, 3.8) is 0 Å². The molecular formula is C60H39NS. The van der Waals surface area contributed by atoms with Gasteiger partial charge in [-0.05, 0) is 114 Å². The zero-order chi connectivity index (χ0) is 41.0. The summed E-state index contributed by atoms with van der Waals surface area (Å²) in [7, 11) is 0. The van der Waals surface area contributed by atoms with Crippen LogP contribution in [0.1, 0.15) is 0 Å². The molecule has 1 heterocycles. The quantitative estimate of drug-likeness (QED) is 0.145. The Morgan fingerprint density at radius 3 is 1.68 bits per heavy atom. The predicted octanol–water partition coefficient (Wildman–Crippen LogP) is 17.7. The van der Waals surface area contributed by atoms with Crippen LogP contribution in [0.5, 0.6) is 0 Å². The van der Waals surface area contributed by atoms with Gasteiger partial charge >= 0.3 is 0 Å². The van der Waals surface area contributed by atoms with E-state index in [-0.39, 0.29) is 0 Å². The van der Waals surface area contributed by atoms with E-state index >= 15 is 0 Å². The van der Waals surface area contributed by atoms with Gasteiger partial charge in [0.25, 0.3) is 0 Å². The van der Waals surface area contributed by atoms with Gasteiger partial charge in [0.15, 0.2) is 0 Å². The maximum atomic E-state index is 2.50. The normalized spacial score (nSPS) is 11.5. The summed E-state index contributed by atoms with van der Waals surface area (Å²) in [5, 5.41) is 10.0. The Labute approximate surface area is 365 Å². The van der Waals surface area contributed by atoms with Gasteiger partial charge < -0.3 is 4.90 Å². The van der Waals surface area contributed by atoms with Crippen molar-refractivity contribution in [3.05, 3.63) is 237 Å². The molecule has 0 spiro atoms. The lowest BCUT2D eigenvalue weighted by atomic mass is 9.84. The third-order valence-electron chi connectivity index (χ3n) is 12.4. The van der Waals surface area contributed by atoms with Crippen LogP contribution < -0.4 is 4.90 Å². The van der Waals surface area contributed by atoms with E-state index in [1.165, 1.54) is 91.4 Å². The van der Waals surface area contributed by atoms with Gasteiger partial charge in [0.1, 0.15) is 0 Å². The summed E-state index contributed by atoms with van der Waals surface area (Å²) in [4.78, 5) is 2.50. The highest BCUT2D eigenvalue weighted by Gasteiger charge is 2.23. The summed E-state index contributed by atoms with van der Waals surface area (Å²) >= 11 is 1.87. The lowest BCUT2D eigenvalue weighted by Gasteiger charge is -2.29. The third kappa shape index (κ3) is 6.07. The first-order valence-corrected chi connectivity index (χ1v) is 22.1. The lowest BCUT2D eigenvalue weighted by molar-refractivity contribution is 1.30. The molecule has 0 bridgehead atoms. The maximum Gasteiger partial charge on any atom is 0.0640 e. The van der Waals surface area contributed by atoms with Gasteiger partial charge in [0, 0.05) is 26.7 Å². The second kappa shape index (κ2) is 15.0. The van der Waals surface area contributed by atoms with Crippen LogP contribution in [0.25, 0.3) is 97.0 Å². The van der Waals surface area contributed by atoms with Gasteiger partial charge in [-0.25, -0.2) is 0 Å². The summed E-state index contributed by atoms with van der Waals surface area (Å²) in [6.45, 7) is 0. The van der Waals surface area contributed by atoms with E-state index in [2.05, 4.69) is 241 Å². The lowest BCUT2D eigenvalue weighted by Crippen LogP contribution is -2.11. The third-order valence-corrected chi connectivity index (χ3v) is 13.6. The average molecular weight is 806 g/mol. The van der Waals surface area contributed by atoms with Crippen LogP contribution in [0.4, 0.5) is 17.1 Å². The van der Waals surface area contributed by atoms with E-state index in [1.54, 1.807) is 0 Å². The fourth-order valence-electron chi connectivity index (χ4n) is 9.59. The minimum Gasteiger partial charge on any atom is -0.308 e. The number of nitrogens with zero attached hydrogens (tertiary/aromatic N) is 1.